The third-order valence-corrected chi connectivity index (χ3v) is 9.31. The molecule has 13 heteroatoms. The number of hydrogen-bond donors (Lipinski definition) is 1. The molecule has 0 bridgehead atoms. The minimum absolute atomic E-state index is 0.0410. The highest BCUT2D eigenvalue weighted by Gasteiger charge is 2.34. The number of aromatic nitrogens is 3. The van der Waals surface area contributed by atoms with Crippen LogP contribution in [0.4, 0.5) is 13.2 Å². The molecule has 3 aromatic rings. The Morgan fingerprint density at radius 1 is 1.10 bits per heavy atom. The maximum Gasteiger partial charge on any atom is 0.416 e. The largest absolute Gasteiger partial charge is 0.674 e. The first-order valence-corrected chi connectivity index (χ1v) is 15.5. The van der Waals surface area contributed by atoms with Gasteiger partial charge in [0.25, 0.3) is 0 Å². The lowest BCUT2D eigenvalue weighted by molar-refractivity contribution is -0.138. The molecule has 4 heterocycles. The number of nitrogens with one attached hydrogen (secondary N) is 1. The van der Waals surface area contributed by atoms with Crippen LogP contribution in [0.2, 0.25) is 0 Å². The monoisotopic (exact) mass is 591 g/mol. The Labute approximate surface area is 237 Å². The van der Waals surface area contributed by atoms with Gasteiger partial charge in [0, 0.05) is 55.3 Å². The summed E-state index contributed by atoms with van der Waals surface area (Å²) in [6, 6.07) is 7.67. The van der Waals surface area contributed by atoms with Crippen LogP contribution in [0, 0.1) is 0 Å². The molecule has 2 N–H and O–H groups in total. The molecular weight excluding hydrogens is 557 g/mol. The zero-order valence-electron chi connectivity index (χ0n) is 22.8. The van der Waals surface area contributed by atoms with Gasteiger partial charge in [-0.1, -0.05) is 17.7 Å². The summed E-state index contributed by atoms with van der Waals surface area (Å²) in [4.78, 5) is 6.31. The predicted octanol–water partition coefficient (Wildman–Crippen LogP) is 4.07. The summed E-state index contributed by atoms with van der Waals surface area (Å²) in [5, 5.41) is 15.7. The van der Waals surface area contributed by atoms with Gasteiger partial charge < -0.3 is 15.7 Å². The number of nitrogens with zero attached hydrogens (tertiary/aromatic N) is 5. The molecule has 9 nitrogen and oxygen atoms in total. The fourth-order valence-electron chi connectivity index (χ4n) is 5.94. The van der Waals surface area contributed by atoms with Crippen LogP contribution in [-0.4, -0.2) is 76.0 Å². The van der Waals surface area contributed by atoms with Crippen LogP contribution in [0.5, 0.6) is 0 Å². The molecule has 2 aliphatic rings. The molecule has 0 spiro atoms. The highest BCUT2D eigenvalue weighted by molar-refractivity contribution is 7.88. The topological polar surface area (TPSA) is 115 Å². The highest BCUT2D eigenvalue weighted by atomic mass is 32.2. The van der Waals surface area contributed by atoms with Gasteiger partial charge in [-0.3, -0.25) is 9.67 Å². The molecule has 0 radical (unpaired) electrons. The van der Waals surface area contributed by atoms with Gasteiger partial charge in [0.2, 0.25) is 10.0 Å². The van der Waals surface area contributed by atoms with Gasteiger partial charge in [0.05, 0.1) is 30.2 Å². The number of halogens is 3. The molecule has 1 atom stereocenters. The number of fused-ring (bicyclic) bond motifs is 1. The zero-order chi connectivity index (χ0) is 29.4. The Balaban J connectivity index is 1.36. The lowest BCUT2D eigenvalue weighted by Gasteiger charge is -2.33. The maximum atomic E-state index is 13.5. The van der Waals surface area contributed by atoms with E-state index < -0.39 is 34.4 Å². The van der Waals surface area contributed by atoms with Crippen LogP contribution in [-0.2, 0) is 42.3 Å². The predicted molar refractivity (Wildman–Crippen MR) is 148 cm³/mol. The number of pyridine rings is 1. The van der Waals surface area contributed by atoms with E-state index in [1.165, 1.54) is 22.0 Å². The number of sulfonamides is 1. The van der Waals surface area contributed by atoms with E-state index in [1.54, 1.807) is 17.1 Å². The van der Waals surface area contributed by atoms with Crippen molar-refractivity contribution in [3.63, 3.8) is 0 Å². The van der Waals surface area contributed by atoms with Crippen LogP contribution in [0.3, 0.4) is 0 Å². The van der Waals surface area contributed by atoms with Crippen molar-refractivity contribution >= 4 is 10.0 Å². The number of likely N-dealkylation sites (tertiary alicyclic amines) is 1. The number of rotatable bonds is 8. The molecule has 1 aromatic carbocycles. The first kappa shape index (κ1) is 29.6. The van der Waals surface area contributed by atoms with Crippen LogP contribution in [0.15, 0.2) is 42.7 Å². The van der Waals surface area contributed by atoms with Gasteiger partial charge in [-0.05, 0) is 55.6 Å². The summed E-state index contributed by atoms with van der Waals surface area (Å²) in [6.45, 7) is 2.05. The molecule has 0 aliphatic carbocycles. The second-order valence-corrected chi connectivity index (χ2v) is 12.8. The molecule has 5 rings (SSSR count). The van der Waals surface area contributed by atoms with E-state index in [-0.39, 0.29) is 25.2 Å². The second kappa shape index (κ2) is 11.8. The normalized spacial score (nSPS) is 18.4. The third-order valence-electron chi connectivity index (χ3n) is 8.06. The van der Waals surface area contributed by atoms with Crippen LogP contribution in [0.25, 0.3) is 17.0 Å². The van der Waals surface area contributed by atoms with Crippen molar-refractivity contribution in [2.24, 2.45) is 0 Å². The maximum absolute atomic E-state index is 13.5. The van der Waals surface area contributed by atoms with E-state index in [0.29, 0.717) is 35.7 Å². The van der Waals surface area contributed by atoms with Gasteiger partial charge in [-0.25, -0.2) is 8.42 Å². The first-order valence-electron chi connectivity index (χ1n) is 13.6. The third kappa shape index (κ3) is 6.64. The number of aliphatic hydroxyl groups is 1. The Morgan fingerprint density at radius 2 is 1.80 bits per heavy atom. The number of β-amino-alcohol motifs (C(OH)–C–C–N with tert-alkyl or cyclic N) is 1. The van der Waals surface area contributed by atoms with Crippen molar-refractivity contribution in [3.8, 4) is 11.3 Å². The van der Waals surface area contributed by atoms with Gasteiger partial charge in [-0.2, -0.15) is 22.6 Å². The fourth-order valence-corrected chi connectivity index (χ4v) is 6.72. The number of piperidine rings is 1. The lowest BCUT2D eigenvalue weighted by atomic mass is 9.90. The first-order chi connectivity index (χ1) is 19.4. The number of aliphatic hydroxyl groups excluding tert-OH is 1. The van der Waals surface area contributed by atoms with Crippen LogP contribution >= 0.6 is 0 Å². The minimum atomic E-state index is -4.59. The van der Waals surface area contributed by atoms with E-state index in [0.717, 1.165) is 43.9 Å². The van der Waals surface area contributed by atoms with Gasteiger partial charge in [0.1, 0.15) is 0 Å². The number of benzene rings is 1. The summed E-state index contributed by atoms with van der Waals surface area (Å²) in [5.74, 6) is 0.460. The minimum Gasteiger partial charge on any atom is -0.674 e. The average molecular weight is 592 g/mol. The molecule has 41 heavy (non-hydrogen) atoms. The van der Waals surface area contributed by atoms with E-state index in [1.807, 2.05) is 12.1 Å². The van der Waals surface area contributed by atoms with Crippen molar-refractivity contribution in [3.05, 3.63) is 76.4 Å². The number of alkyl halides is 3. The van der Waals surface area contributed by atoms with Gasteiger partial charge in [0.15, 0.2) is 0 Å². The summed E-state index contributed by atoms with van der Waals surface area (Å²) in [7, 11) is -3.51. The molecule has 1 saturated heterocycles. The van der Waals surface area contributed by atoms with E-state index in [4.69, 9.17) is 10.8 Å². The molecule has 0 saturated carbocycles. The Morgan fingerprint density at radius 3 is 2.44 bits per heavy atom. The van der Waals surface area contributed by atoms with Crippen molar-refractivity contribution in [2.75, 3.05) is 32.4 Å². The molecule has 2 aliphatic heterocycles. The van der Waals surface area contributed by atoms with E-state index in [2.05, 4.69) is 9.88 Å². The standard InChI is InChI=1S/C28H34F3N6O3S/c1-41(39,40)36-13-8-26-24(18-36)27(21-2-3-25(28(29,30)31)22(14-21)15-32)34-37(26)17-23(38)16-35-11-6-20(7-12-35)19-4-9-33-10-5-19/h2-5,9-10,14,20,23,32,38H,6-8,11-13,15-18H2,1H3/q-1. The summed E-state index contributed by atoms with van der Waals surface area (Å²) in [6.07, 6.45) is 1.73. The van der Waals surface area contributed by atoms with Crippen LogP contribution < -0.4 is 0 Å². The summed E-state index contributed by atoms with van der Waals surface area (Å²) >= 11 is 0. The van der Waals surface area contributed by atoms with Crippen molar-refractivity contribution in [1.82, 2.24) is 24.0 Å². The second-order valence-electron chi connectivity index (χ2n) is 10.9. The van der Waals surface area contributed by atoms with Crippen molar-refractivity contribution < 1.29 is 26.7 Å². The molecular formula is C28H34F3N6O3S-. The molecule has 222 valence electrons. The molecule has 0 amide bonds. The molecule has 1 unspecified atom stereocenters. The smallest absolute Gasteiger partial charge is 0.416 e. The molecule has 2 aromatic heterocycles. The van der Waals surface area contributed by atoms with Gasteiger partial charge >= 0.3 is 6.18 Å². The van der Waals surface area contributed by atoms with E-state index >= 15 is 0 Å². The zero-order valence-corrected chi connectivity index (χ0v) is 23.6. The quantitative estimate of drug-likeness (QED) is 0.422. The average Bonchev–Trinajstić information content (AvgIpc) is 3.30. The van der Waals surface area contributed by atoms with Crippen LogP contribution in [0.1, 0.15) is 46.7 Å². The summed E-state index contributed by atoms with van der Waals surface area (Å²) in [5.41, 5.74) is 10.0. The number of hydrogen-bond acceptors (Lipinski definition) is 6. The van der Waals surface area contributed by atoms with Gasteiger partial charge in [-0.15, -0.1) is 6.54 Å². The Hall–Kier alpha value is -2.84. The lowest BCUT2D eigenvalue weighted by Crippen LogP contribution is -2.40. The fraction of sp³-hybridized carbons (Fsp3) is 0.500. The van der Waals surface area contributed by atoms with E-state index in [9.17, 15) is 26.7 Å². The van der Waals surface area contributed by atoms with Crippen molar-refractivity contribution in [2.45, 2.75) is 57.1 Å². The highest BCUT2D eigenvalue weighted by Crippen LogP contribution is 2.37. The Kier molecular flexibility index (Phi) is 8.53. The SMILES string of the molecule is CS(=O)(=O)N1CCc2c(c(-c3ccc(C(F)(F)F)c(C[NH-])c3)nn2CC(O)CN2CCC(c3ccncc3)CC2)C1. The molecule has 1 fully saturated rings. The summed E-state index contributed by atoms with van der Waals surface area (Å²) < 4.78 is 68.0. The Bertz CT molecular complexity index is 1470. The van der Waals surface area contributed by atoms with Crippen molar-refractivity contribution in [1.29, 1.82) is 0 Å².